The molecule has 0 aromatic heterocycles. The highest BCUT2D eigenvalue weighted by Gasteiger charge is 2.00. The van der Waals surface area contributed by atoms with Crippen molar-refractivity contribution in [2.75, 3.05) is 19.8 Å². The average molecular weight is 244 g/mol. The van der Waals surface area contributed by atoms with Gasteiger partial charge in [-0.15, -0.1) is 0 Å². The molecule has 94 valence electrons. The van der Waals surface area contributed by atoms with Gasteiger partial charge in [0, 0.05) is 6.61 Å². The SMILES string of the molecule is CCCCCCOCCO.O=P(O)(O)O. The standard InChI is InChI=1S/C8H18O2.H3O4P/c1-2-3-4-5-7-10-8-6-9;1-5(2,3)4/h9H,2-8H2,1H3;(H3,1,2,3,4). The number of aliphatic hydroxyl groups excluding tert-OH is 1. The second kappa shape index (κ2) is 12.1. The first-order valence-corrected chi connectivity index (χ1v) is 6.45. The van der Waals surface area contributed by atoms with E-state index in [4.69, 9.17) is 29.1 Å². The Balaban J connectivity index is 0. The van der Waals surface area contributed by atoms with E-state index in [9.17, 15) is 0 Å². The lowest BCUT2D eigenvalue weighted by molar-refractivity contribution is 0.0896. The van der Waals surface area contributed by atoms with E-state index in [1.54, 1.807) is 0 Å². The van der Waals surface area contributed by atoms with Gasteiger partial charge in [-0.05, 0) is 6.42 Å². The topological polar surface area (TPSA) is 107 Å². The van der Waals surface area contributed by atoms with E-state index in [-0.39, 0.29) is 6.61 Å². The quantitative estimate of drug-likeness (QED) is 0.387. The molecule has 0 aliphatic carbocycles. The summed E-state index contributed by atoms with van der Waals surface area (Å²) >= 11 is 0. The van der Waals surface area contributed by atoms with Gasteiger partial charge in [0.15, 0.2) is 0 Å². The van der Waals surface area contributed by atoms with E-state index in [1.165, 1.54) is 19.3 Å². The first-order valence-electron chi connectivity index (χ1n) is 4.88. The predicted octanol–water partition coefficient (Wildman–Crippen LogP) is 0.647. The van der Waals surface area contributed by atoms with Crippen LogP contribution in [0.2, 0.25) is 0 Å². The lowest BCUT2D eigenvalue weighted by Gasteiger charge is -2.00. The fourth-order valence-electron chi connectivity index (χ4n) is 0.798. The van der Waals surface area contributed by atoms with Gasteiger partial charge in [-0.3, -0.25) is 0 Å². The molecule has 0 radical (unpaired) electrons. The normalized spacial score (nSPS) is 10.7. The van der Waals surface area contributed by atoms with Crippen LogP contribution >= 0.6 is 7.82 Å². The van der Waals surface area contributed by atoms with Gasteiger partial charge in [0.25, 0.3) is 0 Å². The predicted molar refractivity (Wildman–Crippen MR) is 56.3 cm³/mol. The summed E-state index contributed by atoms with van der Waals surface area (Å²) in [6.07, 6.45) is 4.94. The highest BCUT2D eigenvalue weighted by molar-refractivity contribution is 7.45. The molecule has 0 amide bonds. The number of phosphoric acid groups is 1. The molecule has 0 aliphatic heterocycles. The molecule has 0 heterocycles. The van der Waals surface area contributed by atoms with Crippen molar-refractivity contribution in [1.82, 2.24) is 0 Å². The Morgan fingerprint density at radius 1 is 1.07 bits per heavy atom. The fourth-order valence-corrected chi connectivity index (χ4v) is 0.798. The number of hydrogen-bond donors (Lipinski definition) is 4. The lowest BCUT2D eigenvalue weighted by atomic mass is 10.2. The van der Waals surface area contributed by atoms with Crippen molar-refractivity contribution in [1.29, 1.82) is 0 Å². The van der Waals surface area contributed by atoms with Crippen molar-refractivity contribution in [2.45, 2.75) is 32.6 Å². The van der Waals surface area contributed by atoms with Crippen molar-refractivity contribution in [3.05, 3.63) is 0 Å². The minimum atomic E-state index is -4.64. The Hall–Kier alpha value is 0.0300. The molecule has 0 aliphatic rings. The first kappa shape index (κ1) is 17.4. The molecule has 0 rings (SSSR count). The molecule has 0 unspecified atom stereocenters. The zero-order valence-electron chi connectivity index (χ0n) is 9.00. The smallest absolute Gasteiger partial charge is 0.394 e. The first-order chi connectivity index (χ1) is 6.91. The third kappa shape index (κ3) is 41.1. The summed E-state index contributed by atoms with van der Waals surface area (Å²) in [5.41, 5.74) is 0. The van der Waals surface area contributed by atoms with Crippen LogP contribution in [0.1, 0.15) is 32.6 Å². The van der Waals surface area contributed by atoms with Gasteiger partial charge in [0.2, 0.25) is 0 Å². The number of ether oxygens (including phenoxy) is 1. The summed E-state index contributed by atoms with van der Waals surface area (Å²) in [7, 11) is -4.64. The molecule has 0 fully saturated rings. The second-order valence-corrected chi connectivity index (χ2v) is 3.94. The number of rotatable bonds is 7. The van der Waals surface area contributed by atoms with E-state index in [1.807, 2.05) is 0 Å². The van der Waals surface area contributed by atoms with Gasteiger partial charge in [0.05, 0.1) is 13.2 Å². The summed E-state index contributed by atoms with van der Waals surface area (Å²) < 4.78 is 14.0. The number of aliphatic hydroxyl groups is 1. The van der Waals surface area contributed by atoms with Crippen molar-refractivity contribution >= 4 is 7.82 Å². The van der Waals surface area contributed by atoms with Crippen LogP contribution in [0.3, 0.4) is 0 Å². The van der Waals surface area contributed by atoms with Gasteiger partial charge in [-0.2, -0.15) is 0 Å². The summed E-state index contributed by atoms with van der Waals surface area (Å²) in [6.45, 7) is 3.63. The molecule has 0 atom stereocenters. The van der Waals surface area contributed by atoms with E-state index in [0.717, 1.165) is 13.0 Å². The van der Waals surface area contributed by atoms with Crippen LogP contribution in [0.25, 0.3) is 0 Å². The van der Waals surface area contributed by atoms with Crippen LogP contribution in [-0.2, 0) is 9.30 Å². The van der Waals surface area contributed by atoms with Gasteiger partial charge in [0.1, 0.15) is 0 Å². The summed E-state index contributed by atoms with van der Waals surface area (Å²) in [5.74, 6) is 0. The maximum Gasteiger partial charge on any atom is 0.466 e. The summed E-state index contributed by atoms with van der Waals surface area (Å²) in [4.78, 5) is 21.6. The van der Waals surface area contributed by atoms with Crippen LogP contribution < -0.4 is 0 Å². The zero-order chi connectivity index (χ0) is 12.2. The van der Waals surface area contributed by atoms with E-state index < -0.39 is 7.82 Å². The highest BCUT2D eigenvalue weighted by atomic mass is 31.2. The molecule has 6 nitrogen and oxygen atoms in total. The van der Waals surface area contributed by atoms with Crippen molar-refractivity contribution < 1.29 is 29.1 Å². The summed E-state index contributed by atoms with van der Waals surface area (Å²) in [5, 5.41) is 8.34. The Morgan fingerprint density at radius 2 is 1.60 bits per heavy atom. The molecule has 0 aromatic rings. The Kier molecular flexibility index (Phi) is 14.1. The molecular weight excluding hydrogens is 223 g/mol. The number of hydrogen-bond acceptors (Lipinski definition) is 3. The zero-order valence-corrected chi connectivity index (χ0v) is 9.90. The Bertz CT molecular complexity index is 141. The number of unbranched alkanes of at least 4 members (excludes halogenated alkanes) is 3. The van der Waals surface area contributed by atoms with E-state index in [2.05, 4.69) is 6.92 Å². The van der Waals surface area contributed by atoms with Gasteiger partial charge < -0.3 is 24.5 Å². The van der Waals surface area contributed by atoms with Crippen LogP contribution in [0.5, 0.6) is 0 Å². The lowest BCUT2D eigenvalue weighted by Crippen LogP contribution is -2.00. The molecule has 0 saturated carbocycles. The largest absolute Gasteiger partial charge is 0.466 e. The van der Waals surface area contributed by atoms with Crippen molar-refractivity contribution in [3.63, 3.8) is 0 Å². The molecule has 0 bridgehead atoms. The molecule has 4 N–H and O–H groups in total. The van der Waals surface area contributed by atoms with Gasteiger partial charge in [-0.1, -0.05) is 26.2 Å². The Morgan fingerprint density at radius 3 is 2.00 bits per heavy atom. The maximum atomic E-state index is 8.88. The average Bonchev–Trinajstić information content (AvgIpc) is 2.08. The van der Waals surface area contributed by atoms with Crippen LogP contribution in [0, 0.1) is 0 Å². The van der Waals surface area contributed by atoms with Gasteiger partial charge >= 0.3 is 7.82 Å². The van der Waals surface area contributed by atoms with Crippen LogP contribution in [-0.4, -0.2) is 39.6 Å². The highest BCUT2D eigenvalue weighted by Crippen LogP contribution is 2.25. The van der Waals surface area contributed by atoms with Crippen LogP contribution in [0.15, 0.2) is 0 Å². The molecule has 0 spiro atoms. The van der Waals surface area contributed by atoms with E-state index in [0.29, 0.717) is 6.61 Å². The Labute approximate surface area is 90.1 Å². The molecule has 0 aromatic carbocycles. The van der Waals surface area contributed by atoms with Crippen LogP contribution in [0.4, 0.5) is 0 Å². The minimum absolute atomic E-state index is 0.147. The summed E-state index contributed by atoms with van der Waals surface area (Å²) in [6, 6.07) is 0. The van der Waals surface area contributed by atoms with Crippen molar-refractivity contribution in [2.24, 2.45) is 0 Å². The minimum Gasteiger partial charge on any atom is -0.394 e. The molecule has 0 saturated heterocycles. The van der Waals surface area contributed by atoms with E-state index >= 15 is 0 Å². The molecule has 7 heteroatoms. The fraction of sp³-hybridized carbons (Fsp3) is 1.00. The third-order valence-corrected chi connectivity index (χ3v) is 1.38. The molecule has 15 heavy (non-hydrogen) atoms. The monoisotopic (exact) mass is 244 g/mol. The van der Waals surface area contributed by atoms with Crippen molar-refractivity contribution in [3.8, 4) is 0 Å². The van der Waals surface area contributed by atoms with Gasteiger partial charge in [-0.25, -0.2) is 4.57 Å². The third-order valence-electron chi connectivity index (χ3n) is 1.38. The second-order valence-electron chi connectivity index (χ2n) is 2.91. The maximum absolute atomic E-state index is 8.88. The molecular formula is C8H21O6P.